The third kappa shape index (κ3) is 3.37. The van der Waals surface area contributed by atoms with Gasteiger partial charge in [0.2, 0.25) is 5.13 Å². The molecule has 1 aromatic carbocycles. The van der Waals surface area contributed by atoms with Gasteiger partial charge in [0.1, 0.15) is 0 Å². The van der Waals surface area contributed by atoms with Crippen molar-refractivity contribution in [2.24, 2.45) is 5.92 Å². The normalized spacial score (nSPS) is 14.2. The average Bonchev–Trinajstić information content (AvgIpc) is 3.17. The highest BCUT2D eigenvalue weighted by molar-refractivity contribution is 8.01. The second-order valence-corrected chi connectivity index (χ2v) is 7.14. The maximum atomic E-state index is 12.1. The van der Waals surface area contributed by atoms with Crippen LogP contribution in [0.2, 0.25) is 0 Å². The van der Waals surface area contributed by atoms with Gasteiger partial charge in [0.05, 0.1) is 0 Å². The van der Waals surface area contributed by atoms with Crippen LogP contribution in [0.1, 0.15) is 28.8 Å². The first-order valence-electron chi connectivity index (χ1n) is 6.55. The van der Waals surface area contributed by atoms with Gasteiger partial charge in [-0.1, -0.05) is 41.3 Å². The van der Waals surface area contributed by atoms with E-state index in [9.17, 15) is 4.79 Å². The van der Waals surface area contributed by atoms with Crippen LogP contribution in [-0.4, -0.2) is 21.9 Å². The molecule has 20 heavy (non-hydrogen) atoms. The van der Waals surface area contributed by atoms with Gasteiger partial charge >= 0.3 is 0 Å². The molecule has 1 fully saturated rings. The van der Waals surface area contributed by atoms with Crippen LogP contribution in [-0.2, 0) is 0 Å². The molecule has 1 N–H and O–H groups in total. The zero-order valence-electron chi connectivity index (χ0n) is 11.1. The van der Waals surface area contributed by atoms with Crippen LogP contribution < -0.4 is 5.32 Å². The Hall–Kier alpha value is -1.40. The number of aromatic nitrogens is 2. The largest absolute Gasteiger partial charge is 0.296 e. The molecule has 6 heteroatoms. The quantitative estimate of drug-likeness (QED) is 0.677. The Balaban J connectivity index is 1.62. The predicted molar refractivity (Wildman–Crippen MR) is 82.5 cm³/mol. The fraction of sp³-hybridized carbons (Fsp3) is 0.357. The minimum absolute atomic E-state index is 0.127. The second-order valence-electron chi connectivity index (χ2n) is 4.90. The summed E-state index contributed by atoms with van der Waals surface area (Å²) in [5.74, 6) is 1.84. The number of thioether (sulfide) groups is 1. The number of hydrogen-bond acceptors (Lipinski definition) is 5. The summed E-state index contributed by atoms with van der Waals surface area (Å²) in [4.78, 5) is 12.1. The van der Waals surface area contributed by atoms with E-state index in [-0.39, 0.29) is 5.91 Å². The first-order chi connectivity index (χ1) is 9.72. The lowest BCUT2D eigenvalue weighted by Gasteiger charge is -2.03. The first-order valence-corrected chi connectivity index (χ1v) is 8.36. The van der Waals surface area contributed by atoms with Gasteiger partial charge < -0.3 is 0 Å². The van der Waals surface area contributed by atoms with Crippen molar-refractivity contribution in [3.8, 4) is 0 Å². The van der Waals surface area contributed by atoms with E-state index in [1.165, 1.54) is 24.2 Å². The smallest absolute Gasteiger partial charge is 0.257 e. The number of amides is 1. The maximum Gasteiger partial charge on any atom is 0.257 e. The Bertz CT molecular complexity index is 622. The molecule has 0 bridgehead atoms. The fourth-order valence-electron chi connectivity index (χ4n) is 1.78. The van der Waals surface area contributed by atoms with Crippen molar-refractivity contribution in [3.05, 3.63) is 35.4 Å². The Kier molecular flexibility index (Phi) is 4.03. The van der Waals surface area contributed by atoms with Crippen molar-refractivity contribution in [2.75, 3.05) is 11.1 Å². The summed E-state index contributed by atoms with van der Waals surface area (Å²) in [6.07, 6.45) is 2.67. The third-order valence-corrected chi connectivity index (χ3v) is 5.36. The monoisotopic (exact) mass is 305 g/mol. The van der Waals surface area contributed by atoms with Crippen molar-refractivity contribution >= 4 is 34.1 Å². The lowest BCUT2D eigenvalue weighted by Crippen LogP contribution is -2.12. The lowest BCUT2D eigenvalue weighted by atomic mass is 10.1. The van der Waals surface area contributed by atoms with Crippen LogP contribution in [0.4, 0.5) is 5.13 Å². The van der Waals surface area contributed by atoms with Gasteiger partial charge in [-0.25, -0.2) is 0 Å². The molecule has 2 aromatic rings. The molecule has 1 heterocycles. The molecule has 0 aliphatic heterocycles. The van der Waals surface area contributed by atoms with Crippen molar-refractivity contribution < 1.29 is 4.79 Å². The number of nitrogens with zero attached hydrogens (tertiary/aromatic N) is 2. The highest BCUT2D eigenvalue weighted by Gasteiger charge is 2.22. The predicted octanol–water partition coefficient (Wildman–Crippen LogP) is 3.60. The fourth-order valence-corrected chi connectivity index (χ4v) is 3.74. The number of carbonyl (C=O) groups excluding carboxylic acids is 1. The van der Waals surface area contributed by atoms with Gasteiger partial charge in [-0.2, -0.15) is 0 Å². The summed E-state index contributed by atoms with van der Waals surface area (Å²) < 4.78 is 0.928. The molecule has 1 aromatic heterocycles. The molecule has 3 rings (SSSR count). The third-order valence-electron chi connectivity index (χ3n) is 3.16. The molecule has 1 saturated carbocycles. The van der Waals surface area contributed by atoms with Crippen LogP contribution >= 0.6 is 23.1 Å². The van der Waals surface area contributed by atoms with Crippen LogP contribution in [0.5, 0.6) is 0 Å². The first kappa shape index (κ1) is 13.6. The van der Waals surface area contributed by atoms with E-state index in [0.29, 0.717) is 10.7 Å². The van der Waals surface area contributed by atoms with E-state index in [4.69, 9.17) is 0 Å². The van der Waals surface area contributed by atoms with E-state index < -0.39 is 0 Å². The van der Waals surface area contributed by atoms with E-state index in [1.807, 2.05) is 31.2 Å². The van der Waals surface area contributed by atoms with Crippen LogP contribution in [0.15, 0.2) is 28.6 Å². The van der Waals surface area contributed by atoms with Gasteiger partial charge in [0, 0.05) is 11.3 Å². The molecule has 0 saturated heterocycles. The van der Waals surface area contributed by atoms with Crippen LogP contribution in [0.3, 0.4) is 0 Å². The Morgan fingerprint density at radius 3 is 2.95 bits per heavy atom. The molecule has 0 atom stereocenters. The van der Waals surface area contributed by atoms with E-state index >= 15 is 0 Å². The molecule has 0 radical (unpaired) electrons. The number of carbonyl (C=O) groups is 1. The zero-order valence-corrected chi connectivity index (χ0v) is 12.8. The summed E-state index contributed by atoms with van der Waals surface area (Å²) in [6, 6.07) is 7.52. The zero-order chi connectivity index (χ0) is 13.9. The number of nitrogens with one attached hydrogen (secondary N) is 1. The molecule has 0 unspecified atom stereocenters. The summed E-state index contributed by atoms with van der Waals surface area (Å²) in [6.45, 7) is 1.92. The number of aryl methyl sites for hydroxylation is 1. The molecular weight excluding hydrogens is 290 g/mol. The highest BCUT2D eigenvalue weighted by atomic mass is 32.2. The Morgan fingerprint density at radius 2 is 2.20 bits per heavy atom. The van der Waals surface area contributed by atoms with E-state index in [2.05, 4.69) is 15.5 Å². The van der Waals surface area contributed by atoms with Crippen molar-refractivity contribution in [3.63, 3.8) is 0 Å². The lowest BCUT2D eigenvalue weighted by molar-refractivity contribution is 0.102. The summed E-state index contributed by atoms with van der Waals surface area (Å²) >= 11 is 3.17. The molecule has 1 aliphatic rings. The van der Waals surface area contributed by atoms with Crippen LogP contribution in [0.25, 0.3) is 0 Å². The number of hydrogen-bond donors (Lipinski definition) is 1. The standard InChI is InChI=1S/C14H15N3OS2/c1-9-4-2-3-5-11(9)12(18)15-13-16-17-14(20-13)19-8-10-6-7-10/h2-5,10H,6-8H2,1H3,(H,15,16,18). The van der Waals surface area contributed by atoms with E-state index in [1.54, 1.807) is 11.8 Å². The molecule has 0 spiro atoms. The van der Waals surface area contributed by atoms with Gasteiger partial charge in [-0.05, 0) is 37.3 Å². The topological polar surface area (TPSA) is 54.9 Å². The minimum atomic E-state index is -0.127. The maximum absolute atomic E-state index is 12.1. The molecular formula is C14H15N3OS2. The summed E-state index contributed by atoms with van der Waals surface area (Å²) in [5, 5.41) is 11.5. The molecule has 104 valence electrons. The van der Waals surface area contributed by atoms with Crippen molar-refractivity contribution in [1.29, 1.82) is 0 Å². The summed E-state index contributed by atoms with van der Waals surface area (Å²) in [7, 11) is 0. The van der Waals surface area contributed by atoms with Crippen molar-refractivity contribution in [1.82, 2.24) is 10.2 Å². The highest BCUT2D eigenvalue weighted by Crippen LogP contribution is 2.36. The van der Waals surface area contributed by atoms with Gasteiger partial charge in [0.25, 0.3) is 5.91 Å². The van der Waals surface area contributed by atoms with Gasteiger partial charge in [-0.15, -0.1) is 10.2 Å². The number of anilines is 1. The summed E-state index contributed by atoms with van der Waals surface area (Å²) in [5.41, 5.74) is 1.63. The van der Waals surface area contributed by atoms with E-state index in [0.717, 1.165) is 21.6 Å². The Morgan fingerprint density at radius 1 is 1.40 bits per heavy atom. The van der Waals surface area contributed by atoms with Crippen molar-refractivity contribution in [2.45, 2.75) is 24.1 Å². The minimum Gasteiger partial charge on any atom is -0.296 e. The molecule has 1 amide bonds. The SMILES string of the molecule is Cc1ccccc1C(=O)Nc1nnc(SCC2CC2)s1. The van der Waals surface area contributed by atoms with Gasteiger partial charge in [-0.3, -0.25) is 10.1 Å². The molecule has 4 nitrogen and oxygen atoms in total. The number of rotatable bonds is 5. The average molecular weight is 305 g/mol. The van der Waals surface area contributed by atoms with Gasteiger partial charge in [0.15, 0.2) is 4.34 Å². The molecule has 1 aliphatic carbocycles. The Labute approximate surface area is 126 Å². The second kappa shape index (κ2) is 5.93. The van der Waals surface area contributed by atoms with Crippen LogP contribution in [0, 0.1) is 12.8 Å². The number of benzene rings is 1.